The van der Waals surface area contributed by atoms with Crippen LogP contribution in [0.5, 0.6) is 0 Å². The molecule has 0 aliphatic carbocycles. The second-order valence-corrected chi connectivity index (χ2v) is 5.49. The van der Waals surface area contributed by atoms with Gasteiger partial charge >= 0.3 is 0 Å². The number of aryl methyl sites for hydroxylation is 1. The van der Waals surface area contributed by atoms with Gasteiger partial charge in [0.2, 0.25) is 5.13 Å². The number of anilines is 1. The van der Waals surface area contributed by atoms with Gasteiger partial charge in [-0.3, -0.25) is 9.36 Å². The van der Waals surface area contributed by atoms with Crippen molar-refractivity contribution in [1.82, 2.24) is 19.7 Å². The maximum absolute atomic E-state index is 11.9. The van der Waals surface area contributed by atoms with Crippen LogP contribution in [0.4, 0.5) is 5.13 Å². The fraction of sp³-hybridized carbons (Fsp3) is 0.400. The van der Waals surface area contributed by atoms with Crippen molar-refractivity contribution in [2.45, 2.75) is 20.4 Å². The summed E-state index contributed by atoms with van der Waals surface area (Å²) in [5.41, 5.74) is -0.109. The second kappa shape index (κ2) is 5.57. The van der Waals surface area contributed by atoms with Crippen molar-refractivity contribution in [3.8, 4) is 0 Å². The van der Waals surface area contributed by atoms with Gasteiger partial charge in [-0.1, -0.05) is 11.3 Å². The van der Waals surface area contributed by atoms with E-state index < -0.39 is 0 Å². The molecule has 96 valence electrons. The largest absolute Gasteiger partial charge is 0.360 e. The van der Waals surface area contributed by atoms with E-state index in [0.717, 1.165) is 16.7 Å². The summed E-state index contributed by atoms with van der Waals surface area (Å²) in [5.74, 6) is 0.656. The smallest absolute Gasteiger partial charge is 0.268 e. The Kier molecular flexibility index (Phi) is 4.07. The zero-order valence-corrected chi connectivity index (χ0v) is 12.4. The molecule has 0 unspecified atom stereocenters. The van der Waals surface area contributed by atoms with Gasteiger partial charge in [0, 0.05) is 12.7 Å². The molecule has 2 heterocycles. The second-order valence-electron chi connectivity index (χ2n) is 3.58. The normalized spacial score (nSPS) is 10.6. The van der Waals surface area contributed by atoms with Crippen LogP contribution < -0.4 is 10.9 Å². The lowest BCUT2D eigenvalue weighted by Gasteiger charge is -2.06. The van der Waals surface area contributed by atoms with Crippen LogP contribution >= 0.6 is 27.3 Å². The zero-order chi connectivity index (χ0) is 13.1. The van der Waals surface area contributed by atoms with Crippen LogP contribution in [0.1, 0.15) is 17.8 Å². The van der Waals surface area contributed by atoms with E-state index in [-0.39, 0.29) is 5.56 Å². The first-order valence-electron chi connectivity index (χ1n) is 5.40. The Balaban J connectivity index is 2.28. The van der Waals surface area contributed by atoms with Gasteiger partial charge in [0.05, 0.1) is 6.54 Å². The van der Waals surface area contributed by atoms with Gasteiger partial charge in [-0.25, -0.2) is 4.98 Å². The van der Waals surface area contributed by atoms with Crippen LogP contribution in [0.2, 0.25) is 0 Å². The lowest BCUT2D eigenvalue weighted by molar-refractivity contribution is 0.686. The molecule has 2 aromatic rings. The highest BCUT2D eigenvalue weighted by Crippen LogP contribution is 2.16. The molecule has 0 bridgehead atoms. The Morgan fingerprint density at radius 3 is 3.00 bits per heavy atom. The number of halogens is 1. The summed E-state index contributed by atoms with van der Waals surface area (Å²) in [7, 11) is 0. The third-order valence-electron chi connectivity index (χ3n) is 2.29. The predicted molar refractivity (Wildman–Crippen MR) is 74.1 cm³/mol. The standard InChI is InChI=1S/C10H12BrN5OS/c1-3-12-10-15-14-8(18-10)5-16-6(2)13-4-7(11)9(16)17/h4H,3,5H2,1-2H3,(H,12,15). The molecule has 0 aliphatic heterocycles. The molecular weight excluding hydrogens is 318 g/mol. The van der Waals surface area contributed by atoms with Crippen LogP contribution in [0.3, 0.4) is 0 Å². The highest BCUT2D eigenvalue weighted by atomic mass is 79.9. The van der Waals surface area contributed by atoms with Gasteiger partial charge in [-0.15, -0.1) is 10.2 Å². The Labute approximate surface area is 116 Å². The molecule has 0 aromatic carbocycles. The Morgan fingerprint density at radius 2 is 2.28 bits per heavy atom. The fourth-order valence-corrected chi connectivity index (χ4v) is 2.53. The minimum Gasteiger partial charge on any atom is -0.360 e. The molecule has 0 saturated carbocycles. The lowest BCUT2D eigenvalue weighted by atomic mass is 10.5. The zero-order valence-electron chi connectivity index (χ0n) is 9.97. The van der Waals surface area contributed by atoms with Crippen molar-refractivity contribution in [3.05, 3.63) is 31.9 Å². The van der Waals surface area contributed by atoms with E-state index >= 15 is 0 Å². The molecule has 2 aromatic heterocycles. The summed E-state index contributed by atoms with van der Waals surface area (Å²) in [5, 5.41) is 12.7. The SMILES string of the molecule is CCNc1nnc(Cn2c(C)ncc(Br)c2=O)s1. The number of rotatable bonds is 4. The van der Waals surface area contributed by atoms with Crippen molar-refractivity contribution >= 4 is 32.4 Å². The van der Waals surface area contributed by atoms with Gasteiger partial charge < -0.3 is 5.32 Å². The van der Waals surface area contributed by atoms with Gasteiger partial charge in [0.25, 0.3) is 5.56 Å². The van der Waals surface area contributed by atoms with Gasteiger partial charge in [0.1, 0.15) is 15.3 Å². The average Bonchev–Trinajstić information content (AvgIpc) is 2.78. The van der Waals surface area contributed by atoms with E-state index in [1.165, 1.54) is 17.5 Å². The third kappa shape index (κ3) is 2.75. The summed E-state index contributed by atoms with van der Waals surface area (Å²) in [6.45, 7) is 4.97. The summed E-state index contributed by atoms with van der Waals surface area (Å²) in [6.07, 6.45) is 1.51. The maximum Gasteiger partial charge on any atom is 0.268 e. The molecule has 0 saturated heterocycles. The van der Waals surface area contributed by atoms with Crippen molar-refractivity contribution in [2.75, 3.05) is 11.9 Å². The van der Waals surface area contributed by atoms with E-state index in [1.54, 1.807) is 11.5 Å². The molecule has 0 amide bonds. The predicted octanol–water partition coefficient (Wildman–Crippen LogP) is 1.65. The maximum atomic E-state index is 11.9. The molecule has 0 aliphatic rings. The minimum absolute atomic E-state index is 0.109. The molecule has 2 rings (SSSR count). The van der Waals surface area contributed by atoms with Crippen molar-refractivity contribution in [1.29, 1.82) is 0 Å². The summed E-state index contributed by atoms with van der Waals surface area (Å²) < 4.78 is 2.02. The molecule has 0 radical (unpaired) electrons. The molecular formula is C10H12BrN5OS. The van der Waals surface area contributed by atoms with Gasteiger partial charge in [-0.05, 0) is 29.8 Å². The van der Waals surface area contributed by atoms with Crippen LogP contribution in [-0.2, 0) is 6.54 Å². The van der Waals surface area contributed by atoms with Crippen molar-refractivity contribution < 1.29 is 0 Å². The number of nitrogens with one attached hydrogen (secondary N) is 1. The molecule has 6 nitrogen and oxygen atoms in total. The quantitative estimate of drug-likeness (QED) is 0.923. The van der Waals surface area contributed by atoms with E-state index in [0.29, 0.717) is 16.8 Å². The fourth-order valence-electron chi connectivity index (χ4n) is 1.41. The van der Waals surface area contributed by atoms with Crippen LogP contribution in [-0.4, -0.2) is 26.3 Å². The highest BCUT2D eigenvalue weighted by molar-refractivity contribution is 9.10. The highest BCUT2D eigenvalue weighted by Gasteiger charge is 2.09. The van der Waals surface area contributed by atoms with Crippen molar-refractivity contribution in [3.63, 3.8) is 0 Å². The summed E-state index contributed by atoms with van der Waals surface area (Å²) in [4.78, 5) is 16.1. The molecule has 1 N–H and O–H groups in total. The first kappa shape index (κ1) is 13.2. The monoisotopic (exact) mass is 329 g/mol. The van der Waals surface area contributed by atoms with E-state index in [2.05, 4.69) is 36.4 Å². The lowest BCUT2D eigenvalue weighted by Crippen LogP contribution is -2.24. The molecule has 0 fully saturated rings. The average molecular weight is 330 g/mol. The molecule has 18 heavy (non-hydrogen) atoms. The van der Waals surface area contributed by atoms with Crippen LogP contribution in [0.25, 0.3) is 0 Å². The topological polar surface area (TPSA) is 72.7 Å². The van der Waals surface area contributed by atoms with E-state index in [1.807, 2.05) is 6.92 Å². The third-order valence-corrected chi connectivity index (χ3v) is 3.70. The Hall–Kier alpha value is -1.28. The first-order chi connectivity index (χ1) is 8.61. The van der Waals surface area contributed by atoms with Crippen LogP contribution in [0.15, 0.2) is 15.5 Å². The molecule has 8 heteroatoms. The first-order valence-corrected chi connectivity index (χ1v) is 7.01. The summed E-state index contributed by atoms with van der Waals surface area (Å²) in [6, 6.07) is 0. The molecule has 0 spiro atoms. The van der Waals surface area contributed by atoms with E-state index in [4.69, 9.17) is 0 Å². The number of hydrogen-bond donors (Lipinski definition) is 1. The molecule has 0 atom stereocenters. The number of hydrogen-bond acceptors (Lipinski definition) is 6. The van der Waals surface area contributed by atoms with Gasteiger partial charge in [0.15, 0.2) is 0 Å². The Bertz CT molecular complexity index is 609. The van der Waals surface area contributed by atoms with E-state index in [9.17, 15) is 4.79 Å². The number of aromatic nitrogens is 4. The van der Waals surface area contributed by atoms with Crippen molar-refractivity contribution in [2.24, 2.45) is 0 Å². The minimum atomic E-state index is -0.109. The Morgan fingerprint density at radius 1 is 1.50 bits per heavy atom. The summed E-state index contributed by atoms with van der Waals surface area (Å²) >= 11 is 4.62. The van der Waals surface area contributed by atoms with Gasteiger partial charge in [-0.2, -0.15) is 0 Å². The number of nitrogens with zero attached hydrogens (tertiary/aromatic N) is 4. The van der Waals surface area contributed by atoms with Crippen LogP contribution in [0, 0.1) is 6.92 Å².